The van der Waals surface area contributed by atoms with Gasteiger partial charge in [-0.05, 0) is 25.5 Å². The number of benzene rings is 1. The van der Waals surface area contributed by atoms with Crippen molar-refractivity contribution in [3.05, 3.63) is 28.8 Å². The fourth-order valence-corrected chi connectivity index (χ4v) is 3.76. The first-order chi connectivity index (χ1) is 10.4. The zero-order chi connectivity index (χ0) is 16.8. The minimum Gasteiger partial charge on any atom is -0.465 e. The Hall–Kier alpha value is -1.62. The third kappa shape index (κ3) is 4.19. The van der Waals surface area contributed by atoms with E-state index in [-0.39, 0.29) is 28.6 Å². The molecule has 0 N–H and O–H groups in total. The molecule has 0 saturated carbocycles. The van der Waals surface area contributed by atoms with Crippen LogP contribution in [0.1, 0.15) is 25.8 Å². The number of hydrogen-bond acceptors (Lipinski definition) is 5. The first-order valence-corrected chi connectivity index (χ1v) is 8.54. The number of ether oxygens (including phenoxy) is 1. The Labute approximate surface area is 135 Å². The van der Waals surface area contributed by atoms with Crippen molar-refractivity contribution in [3.8, 4) is 6.07 Å². The van der Waals surface area contributed by atoms with Crippen molar-refractivity contribution in [1.82, 2.24) is 4.31 Å². The summed E-state index contributed by atoms with van der Waals surface area (Å²) in [6.45, 7) is 3.33. The monoisotopic (exact) mass is 344 g/mol. The zero-order valence-corrected chi connectivity index (χ0v) is 13.9. The molecule has 0 unspecified atom stereocenters. The van der Waals surface area contributed by atoms with Crippen LogP contribution in [0.4, 0.5) is 0 Å². The van der Waals surface area contributed by atoms with E-state index in [2.05, 4.69) is 0 Å². The van der Waals surface area contributed by atoms with Gasteiger partial charge in [-0.2, -0.15) is 9.57 Å². The van der Waals surface area contributed by atoms with E-state index >= 15 is 0 Å². The number of nitrogens with zero attached hydrogens (tertiary/aromatic N) is 2. The summed E-state index contributed by atoms with van der Waals surface area (Å²) < 4.78 is 31.2. The van der Waals surface area contributed by atoms with Crippen molar-refractivity contribution in [3.63, 3.8) is 0 Å². The predicted octanol–water partition coefficient (Wildman–Crippen LogP) is 2.18. The van der Waals surface area contributed by atoms with Crippen molar-refractivity contribution in [1.29, 1.82) is 5.26 Å². The van der Waals surface area contributed by atoms with Gasteiger partial charge in [0.1, 0.15) is 17.5 Å². The molecule has 0 atom stereocenters. The third-order valence-corrected chi connectivity index (χ3v) is 4.99. The van der Waals surface area contributed by atoms with E-state index in [1.54, 1.807) is 19.9 Å². The second kappa shape index (κ2) is 8.13. The van der Waals surface area contributed by atoms with Gasteiger partial charge >= 0.3 is 5.97 Å². The number of carbonyl (C=O) groups excluding carboxylic acids is 1. The molecule has 0 radical (unpaired) electrons. The summed E-state index contributed by atoms with van der Waals surface area (Å²) in [5, 5.41) is 9.18. The first-order valence-electron chi connectivity index (χ1n) is 6.72. The summed E-state index contributed by atoms with van der Waals surface area (Å²) in [5.74, 6) is -0.639. The molecule has 0 aliphatic carbocycles. The largest absolute Gasteiger partial charge is 0.465 e. The van der Waals surface area contributed by atoms with E-state index < -0.39 is 22.5 Å². The number of carbonyl (C=O) groups is 1. The second-order valence-electron chi connectivity index (χ2n) is 4.37. The van der Waals surface area contributed by atoms with E-state index in [1.165, 1.54) is 18.2 Å². The molecule has 1 rings (SSSR count). The summed E-state index contributed by atoms with van der Waals surface area (Å²) in [6, 6.07) is 5.98. The van der Waals surface area contributed by atoms with E-state index in [0.717, 1.165) is 4.31 Å². The molecule has 0 spiro atoms. The molecule has 0 aromatic heterocycles. The molecule has 0 aliphatic heterocycles. The Morgan fingerprint density at radius 2 is 2.09 bits per heavy atom. The molecule has 0 amide bonds. The standard InChI is InChI=1S/C14H17ClN2O4S/c1-3-8-17(10-14(18)21-4-2)22(19,20)13-7-5-6-12(15)11(13)9-16/h5-7H,3-4,8,10H2,1-2H3. The summed E-state index contributed by atoms with van der Waals surface area (Å²) in [4.78, 5) is 11.4. The highest BCUT2D eigenvalue weighted by molar-refractivity contribution is 7.89. The highest BCUT2D eigenvalue weighted by atomic mass is 35.5. The van der Waals surface area contributed by atoms with Gasteiger partial charge in [0.25, 0.3) is 0 Å². The summed E-state index contributed by atoms with van der Waals surface area (Å²) in [6.07, 6.45) is 0.515. The van der Waals surface area contributed by atoms with E-state index in [9.17, 15) is 13.2 Å². The van der Waals surface area contributed by atoms with Crippen LogP contribution in [0.5, 0.6) is 0 Å². The van der Waals surface area contributed by atoms with Crippen LogP contribution in [0.25, 0.3) is 0 Å². The number of esters is 1. The Kier molecular flexibility index (Phi) is 6.81. The molecule has 22 heavy (non-hydrogen) atoms. The maximum Gasteiger partial charge on any atom is 0.321 e. The van der Waals surface area contributed by atoms with Gasteiger partial charge in [0.15, 0.2) is 0 Å². The topological polar surface area (TPSA) is 87.5 Å². The third-order valence-electron chi connectivity index (χ3n) is 2.79. The number of nitriles is 1. The molecule has 1 aromatic rings. The smallest absolute Gasteiger partial charge is 0.321 e. The molecule has 0 fully saturated rings. The van der Waals surface area contributed by atoms with Crippen LogP contribution in [-0.4, -0.2) is 38.4 Å². The van der Waals surface area contributed by atoms with E-state index in [4.69, 9.17) is 21.6 Å². The van der Waals surface area contributed by atoms with E-state index in [0.29, 0.717) is 6.42 Å². The lowest BCUT2D eigenvalue weighted by atomic mass is 10.2. The van der Waals surface area contributed by atoms with Gasteiger partial charge in [-0.15, -0.1) is 0 Å². The Balaban J connectivity index is 3.26. The second-order valence-corrected chi connectivity index (χ2v) is 6.68. The molecule has 6 nitrogen and oxygen atoms in total. The predicted molar refractivity (Wildman–Crippen MR) is 81.8 cm³/mol. The number of rotatable bonds is 7. The van der Waals surface area contributed by atoms with Gasteiger partial charge in [0.2, 0.25) is 10.0 Å². The molecular weight excluding hydrogens is 328 g/mol. The van der Waals surface area contributed by atoms with Crippen LogP contribution in [-0.2, 0) is 19.6 Å². The maximum atomic E-state index is 12.7. The zero-order valence-electron chi connectivity index (χ0n) is 12.4. The molecule has 0 saturated heterocycles. The Morgan fingerprint density at radius 1 is 1.41 bits per heavy atom. The Bertz CT molecular complexity index is 683. The molecule has 1 aromatic carbocycles. The van der Waals surface area contributed by atoms with Crippen LogP contribution >= 0.6 is 11.6 Å². The van der Waals surface area contributed by atoms with Crippen LogP contribution in [0.2, 0.25) is 5.02 Å². The van der Waals surface area contributed by atoms with Crippen molar-refractivity contribution >= 4 is 27.6 Å². The average molecular weight is 345 g/mol. The molecule has 8 heteroatoms. The maximum absolute atomic E-state index is 12.7. The lowest BCUT2D eigenvalue weighted by molar-refractivity contribution is -0.143. The molecule has 0 bridgehead atoms. The minimum absolute atomic E-state index is 0.0520. The quantitative estimate of drug-likeness (QED) is 0.707. The highest BCUT2D eigenvalue weighted by Crippen LogP contribution is 2.25. The lowest BCUT2D eigenvalue weighted by Gasteiger charge is -2.21. The van der Waals surface area contributed by atoms with Gasteiger partial charge in [-0.25, -0.2) is 8.42 Å². The fraction of sp³-hybridized carbons (Fsp3) is 0.429. The normalized spacial score (nSPS) is 11.2. The van der Waals surface area contributed by atoms with Crippen LogP contribution in [0.3, 0.4) is 0 Å². The lowest BCUT2D eigenvalue weighted by Crippen LogP contribution is -2.37. The highest BCUT2D eigenvalue weighted by Gasteiger charge is 2.29. The first kappa shape index (κ1) is 18.4. The average Bonchev–Trinajstić information content (AvgIpc) is 2.46. The van der Waals surface area contributed by atoms with Gasteiger partial charge in [-0.1, -0.05) is 24.6 Å². The SMILES string of the molecule is CCCN(CC(=O)OCC)S(=O)(=O)c1cccc(Cl)c1C#N. The Morgan fingerprint density at radius 3 is 2.64 bits per heavy atom. The molecule has 0 aliphatic rings. The molecule has 0 heterocycles. The van der Waals surface area contributed by atoms with Crippen molar-refractivity contribution in [2.24, 2.45) is 0 Å². The van der Waals surface area contributed by atoms with Crippen LogP contribution < -0.4 is 0 Å². The van der Waals surface area contributed by atoms with Gasteiger partial charge < -0.3 is 4.74 Å². The van der Waals surface area contributed by atoms with Gasteiger partial charge in [0, 0.05) is 6.54 Å². The number of sulfonamides is 1. The van der Waals surface area contributed by atoms with E-state index in [1.807, 2.05) is 0 Å². The summed E-state index contributed by atoms with van der Waals surface area (Å²) in [7, 11) is -4.02. The van der Waals surface area contributed by atoms with Crippen molar-refractivity contribution in [2.75, 3.05) is 19.7 Å². The van der Waals surface area contributed by atoms with Crippen molar-refractivity contribution in [2.45, 2.75) is 25.2 Å². The molecular formula is C14H17ClN2O4S. The number of hydrogen-bond donors (Lipinski definition) is 0. The summed E-state index contributed by atoms with van der Waals surface area (Å²) in [5.41, 5.74) is -0.130. The molecule has 120 valence electrons. The van der Waals surface area contributed by atoms with Crippen LogP contribution in [0, 0.1) is 11.3 Å². The van der Waals surface area contributed by atoms with Gasteiger partial charge in [-0.3, -0.25) is 4.79 Å². The van der Waals surface area contributed by atoms with Crippen LogP contribution in [0.15, 0.2) is 23.1 Å². The fourth-order valence-electron chi connectivity index (χ4n) is 1.85. The number of halogens is 1. The van der Waals surface area contributed by atoms with Gasteiger partial charge in [0.05, 0.1) is 17.2 Å². The summed E-state index contributed by atoms with van der Waals surface area (Å²) >= 11 is 5.88. The minimum atomic E-state index is -4.02. The van der Waals surface area contributed by atoms with Crippen molar-refractivity contribution < 1.29 is 17.9 Å².